The van der Waals surface area contributed by atoms with Crippen LogP contribution in [0.2, 0.25) is 0 Å². The van der Waals surface area contributed by atoms with Crippen LogP contribution in [0.5, 0.6) is 0 Å². The van der Waals surface area contributed by atoms with Crippen LogP contribution in [-0.4, -0.2) is 10.1 Å². The molecule has 0 fully saturated rings. The average molecular weight is 348 g/mol. The zero-order valence-electron chi connectivity index (χ0n) is 11.1. The summed E-state index contributed by atoms with van der Waals surface area (Å²) in [6.07, 6.45) is 0. The Bertz CT molecular complexity index is 796. The third-order valence-electron chi connectivity index (χ3n) is 3.04. The van der Waals surface area contributed by atoms with E-state index in [0.717, 1.165) is 11.1 Å². The Morgan fingerprint density at radius 3 is 2.76 bits per heavy atom. The highest BCUT2D eigenvalue weighted by Gasteiger charge is 2.14. The highest BCUT2D eigenvalue weighted by molar-refractivity contribution is 9.10. The number of benzene rings is 2. The number of nitrogens with zero attached hydrogens (tertiary/aromatic N) is 2. The molecule has 3 rings (SSSR count). The van der Waals surface area contributed by atoms with Gasteiger partial charge in [0.05, 0.1) is 0 Å². The molecule has 0 aliphatic heterocycles. The summed E-state index contributed by atoms with van der Waals surface area (Å²) < 4.78 is 19.3. The second-order valence-corrected chi connectivity index (χ2v) is 5.57. The van der Waals surface area contributed by atoms with Gasteiger partial charge in [-0.2, -0.15) is 4.98 Å². The summed E-state index contributed by atoms with van der Waals surface area (Å²) in [4.78, 5) is 4.31. The van der Waals surface area contributed by atoms with Gasteiger partial charge in [-0.1, -0.05) is 27.2 Å². The van der Waals surface area contributed by atoms with Gasteiger partial charge in [-0.15, -0.1) is 0 Å². The molecule has 2 aromatic carbocycles. The Labute approximate surface area is 128 Å². The van der Waals surface area contributed by atoms with Gasteiger partial charge in [0.25, 0.3) is 5.89 Å². The molecule has 4 nitrogen and oxygen atoms in total. The van der Waals surface area contributed by atoms with E-state index in [1.807, 2.05) is 13.0 Å². The first-order valence-corrected chi connectivity index (χ1v) is 6.99. The maximum absolute atomic E-state index is 13.4. The molecule has 0 spiro atoms. The summed E-state index contributed by atoms with van der Waals surface area (Å²) in [6, 6.07) is 9.91. The molecule has 106 valence electrons. The van der Waals surface area contributed by atoms with Crippen LogP contribution in [0.15, 0.2) is 45.4 Å². The molecule has 1 heterocycles. The molecular formula is C15H11BrFN3O. The van der Waals surface area contributed by atoms with Gasteiger partial charge in [-0.05, 0) is 42.8 Å². The van der Waals surface area contributed by atoms with Gasteiger partial charge >= 0.3 is 0 Å². The fourth-order valence-corrected chi connectivity index (χ4v) is 2.47. The van der Waals surface area contributed by atoms with Gasteiger partial charge in [-0.25, -0.2) is 4.39 Å². The van der Waals surface area contributed by atoms with Crippen molar-refractivity contribution in [3.8, 4) is 22.8 Å². The molecule has 0 unspecified atom stereocenters. The Morgan fingerprint density at radius 2 is 2.00 bits per heavy atom. The van der Waals surface area contributed by atoms with Crippen LogP contribution >= 0.6 is 15.9 Å². The van der Waals surface area contributed by atoms with E-state index in [2.05, 4.69) is 26.1 Å². The van der Waals surface area contributed by atoms with Gasteiger partial charge in [-0.3, -0.25) is 0 Å². The lowest BCUT2D eigenvalue weighted by Gasteiger charge is -2.01. The fourth-order valence-electron chi connectivity index (χ4n) is 2.00. The van der Waals surface area contributed by atoms with E-state index in [9.17, 15) is 4.39 Å². The molecule has 0 saturated heterocycles. The maximum atomic E-state index is 13.4. The van der Waals surface area contributed by atoms with Crippen LogP contribution in [0, 0.1) is 12.7 Å². The first-order valence-electron chi connectivity index (χ1n) is 6.19. The summed E-state index contributed by atoms with van der Waals surface area (Å²) in [5.74, 6) is 0.313. The molecular weight excluding hydrogens is 337 g/mol. The van der Waals surface area contributed by atoms with Crippen molar-refractivity contribution in [1.82, 2.24) is 10.1 Å². The van der Waals surface area contributed by atoms with Crippen molar-refractivity contribution >= 4 is 21.6 Å². The fraction of sp³-hybridized carbons (Fsp3) is 0.0667. The molecule has 0 saturated carbocycles. The highest BCUT2D eigenvalue weighted by atomic mass is 79.9. The zero-order chi connectivity index (χ0) is 15.0. The van der Waals surface area contributed by atoms with E-state index in [0.29, 0.717) is 27.4 Å². The number of rotatable bonds is 2. The van der Waals surface area contributed by atoms with Crippen LogP contribution in [0.3, 0.4) is 0 Å². The molecule has 0 aliphatic rings. The number of nitrogen functional groups attached to an aromatic ring is 1. The Morgan fingerprint density at radius 1 is 1.19 bits per heavy atom. The number of hydrogen-bond acceptors (Lipinski definition) is 4. The summed E-state index contributed by atoms with van der Waals surface area (Å²) in [6.45, 7) is 1.93. The third kappa shape index (κ3) is 2.80. The molecule has 0 aliphatic carbocycles. The van der Waals surface area contributed by atoms with Crippen LogP contribution in [-0.2, 0) is 0 Å². The van der Waals surface area contributed by atoms with Gasteiger partial charge < -0.3 is 10.3 Å². The molecule has 21 heavy (non-hydrogen) atoms. The van der Waals surface area contributed by atoms with E-state index < -0.39 is 0 Å². The molecule has 0 bridgehead atoms. The first kappa shape index (κ1) is 13.8. The predicted octanol–water partition coefficient (Wildman–Crippen LogP) is 4.20. The van der Waals surface area contributed by atoms with Crippen LogP contribution < -0.4 is 5.73 Å². The minimum atomic E-state index is -0.370. The monoisotopic (exact) mass is 347 g/mol. The SMILES string of the molecule is Cc1ccc(N)cc1-c1nc(-c2cc(F)cc(Br)c2)no1. The summed E-state index contributed by atoms with van der Waals surface area (Å²) in [5, 5.41) is 3.90. The molecule has 3 aromatic rings. The smallest absolute Gasteiger partial charge is 0.258 e. The summed E-state index contributed by atoms with van der Waals surface area (Å²) in [7, 11) is 0. The minimum Gasteiger partial charge on any atom is -0.399 e. The average Bonchev–Trinajstić information content (AvgIpc) is 2.90. The number of anilines is 1. The van der Waals surface area contributed by atoms with Crippen LogP contribution in [0.1, 0.15) is 5.56 Å². The lowest BCUT2D eigenvalue weighted by molar-refractivity contribution is 0.432. The maximum Gasteiger partial charge on any atom is 0.258 e. The van der Waals surface area contributed by atoms with Crippen molar-refractivity contribution in [2.24, 2.45) is 0 Å². The predicted molar refractivity (Wildman–Crippen MR) is 82.0 cm³/mol. The largest absolute Gasteiger partial charge is 0.399 e. The van der Waals surface area contributed by atoms with Crippen LogP contribution in [0.4, 0.5) is 10.1 Å². The van der Waals surface area contributed by atoms with Gasteiger partial charge in [0.15, 0.2) is 0 Å². The number of aromatic nitrogens is 2. The zero-order valence-corrected chi connectivity index (χ0v) is 12.7. The Kier molecular flexibility index (Phi) is 3.47. The molecule has 6 heteroatoms. The summed E-state index contributed by atoms with van der Waals surface area (Å²) in [5.41, 5.74) is 8.67. The van der Waals surface area contributed by atoms with Gasteiger partial charge in [0, 0.05) is 21.3 Å². The molecule has 0 radical (unpaired) electrons. The van der Waals surface area contributed by atoms with Crippen molar-refractivity contribution in [1.29, 1.82) is 0 Å². The molecule has 2 N–H and O–H groups in total. The standard InChI is InChI=1S/C15H11BrFN3O/c1-8-2-3-12(18)7-13(8)15-19-14(20-21-15)9-4-10(16)6-11(17)5-9/h2-7H,18H2,1H3. The van der Waals surface area contributed by atoms with Crippen molar-refractivity contribution in [2.45, 2.75) is 6.92 Å². The van der Waals surface area contributed by atoms with E-state index in [4.69, 9.17) is 10.3 Å². The lowest BCUT2D eigenvalue weighted by Crippen LogP contribution is -1.89. The Balaban J connectivity index is 2.05. The second-order valence-electron chi connectivity index (χ2n) is 4.66. The minimum absolute atomic E-state index is 0.326. The molecule has 0 amide bonds. The Hall–Kier alpha value is -2.21. The number of hydrogen-bond donors (Lipinski definition) is 1. The number of halogens is 2. The van der Waals surface area contributed by atoms with E-state index >= 15 is 0 Å². The van der Waals surface area contributed by atoms with Crippen molar-refractivity contribution in [2.75, 3.05) is 5.73 Å². The highest BCUT2D eigenvalue weighted by Crippen LogP contribution is 2.28. The van der Waals surface area contributed by atoms with Gasteiger partial charge in [0.1, 0.15) is 5.82 Å². The van der Waals surface area contributed by atoms with E-state index in [1.165, 1.54) is 12.1 Å². The number of aryl methyl sites for hydroxylation is 1. The first-order chi connectivity index (χ1) is 10.0. The lowest BCUT2D eigenvalue weighted by atomic mass is 10.1. The van der Waals surface area contributed by atoms with Crippen LogP contribution in [0.25, 0.3) is 22.8 Å². The molecule has 1 aromatic heterocycles. The topological polar surface area (TPSA) is 64.9 Å². The second kappa shape index (κ2) is 5.29. The van der Waals surface area contributed by atoms with Crippen molar-refractivity contribution < 1.29 is 8.91 Å². The number of nitrogens with two attached hydrogens (primary N) is 1. The third-order valence-corrected chi connectivity index (χ3v) is 3.50. The molecule has 0 atom stereocenters. The van der Waals surface area contributed by atoms with E-state index in [-0.39, 0.29) is 5.82 Å². The van der Waals surface area contributed by atoms with Crippen molar-refractivity contribution in [3.05, 3.63) is 52.3 Å². The van der Waals surface area contributed by atoms with Crippen molar-refractivity contribution in [3.63, 3.8) is 0 Å². The summed E-state index contributed by atoms with van der Waals surface area (Å²) >= 11 is 3.24. The van der Waals surface area contributed by atoms with E-state index in [1.54, 1.807) is 18.2 Å². The quantitative estimate of drug-likeness (QED) is 0.705. The van der Waals surface area contributed by atoms with Gasteiger partial charge in [0.2, 0.25) is 5.82 Å². The normalized spacial score (nSPS) is 10.8.